The van der Waals surface area contributed by atoms with E-state index in [0.29, 0.717) is 0 Å². The lowest BCUT2D eigenvalue weighted by molar-refractivity contribution is 0.472. The number of aromatic nitrogens is 1. The van der Waals surface area contributed by atoms with Gasteiger partial charge in [0.2, 0.25) is 5.89 Å². The van der Waals surface area contributed by atoms with Gasteiger partial charge in [-0.15, -0.1) is 12.4 Å². The molecule has 0 atom stereocenters. The lowest BCUT2D eigenvalue weighted by Gasteiger charge is -2.08. The van der Waals surface area contributed by atoms with Crippen molar-refractivity contribution in [2.75, 3.05) is 6.54 Å². The van der Waals surface area contributed by atoms with Crippen LogP contribution in [0.15, 0.2) is 33.2 Å². The van der Waals surface area contributed by atoms with Gasteiger partial charge in [-0.3, -0.25) is 0 Å². The van der Waals surface area contributed by atoms with Gasteiger partial charge in [-0.25, -0.2) is 4.98 Å². The lowest BCUT2D eigenvalue weighted by Crippen LogP contribution is -2.22. The molecular formula is C12H12BrClN2O. The second-order valence-corrected chi connectivity index (χ2v) is 4.74. The molecule has 0 radical (unpaired) electrons. The first-order chi connectivity index (χ1) is 7.83. The molecule has 5 heteroatoms. The minimum Gasteiger partial charge on any atom is -0.440 e. The van der Waals surface area contributed by atoms with Crippen molar-refractivity contribution < 1.29 is 4.42 Å². The highest BCUT2D eigenvalue weighted by atomic mass is 79.9. The summed E-state index contributed by atoms with van der Waals surface area (Å²) in [4.78, 5) is 4.53. The second kappa shape index (κ2) is 5.21. The smallest absolute Gasteiger partial charge is 0.226 e. The van der Waals surface area contributed by atoms with Gasteiger partial charge in [0.15, 0.2) is 0 Å². The average molecular weight is 316 g/mol. The molecule has 1 aromatic carbocycles. The van der Waals surface area contributed by atoms with E-state index in [4.69, 9.17) is 4.42 Å². The standard InChI is InChI=1S/C12H11BrN2O.ClH/c13-9-3-1-8(2-4-9)12-15-10-5-6-14-7-11(10)16-12;/h1-4,14H,5-7H2;1H. The zero-order valence-electron chi connectivity index (χ0n) is 9.07. The fraction of sp³-hybridized carbons (Fsp3) is 0.250. The number of hydrogen-bond donors (Lipinski definition) is 1. The summed E-state index contributed by atoms with van der Waals surface area (Å²) >= 11 is 3.41. The van der Waals surface area contributed by atoms with E-state index in [1.807, 2.05) is 24.3 Å². The van der Waals surface area contributed by atoms with Crippen LogP contribution in [0.5, 0.6) is 0 Å². The van der Waals surface area contributed by atoms with Gasteiger partial charge in [-0.1, -0.05) is 15.9 Å². The monoisotopic (exact) mass is 314 g/mol. The second-order valence-electron chi connectivity index (χ2n) is 3.82. The van der Waals surface area contributed by atoms with Gasteiger partial charge >= 0.3 is 0 Å². The van der Waals surface area contributed by atoms with Crippen molar-refractivity contribution in [1.82, 2.24) is 10.3 Å². The average Bonchev–Trinajstić information content (AvgIpc) is 2.73. The predicted octanol–water partition coefficient (Wildman–Crippen LogP) is 3.17. The predicted molar refractivity (Wildman–Crippen MR) is 72.3 cm³/mol. The molecule has 17 heavy (non-hydrogen) atoms. The van der Waals surface area contributed by atoms with Gasteiger partial charge in [0.25, 0.3) is 0 Å². The van der Waals surface area contributed by atoms with Crippen LogP contribution in [0.25, 0.3) is 11.5 Å². The van der Waals surface area contributed by atoms with Crippen molar-refractivity contribution in [3.63, 3.8) is 0 Å². The Kier molecular flexibility index (Phi) is 3.86. The zero-order chi connectivity index (χ0) is 11.0. The van der Waals surface area contributed by atoms with E-state index in [1.165, 1.54) is 0 Å². The van der Waals surface area contributed by atoms with Crippen LogP contribution in [0.1, 0.15) is 11.5 Å². The molecule has 1 aliphatic heterocycles. The number of fused-ring (bicyclic) bond motifs is 1. The van der Waals surface area contributed by atoms with Crippen LogP contribution in [0, 0.1) is 0 Å². The Morgan fingerprint density at radius 1 is 1.24 bits per heavy atom. The van der Waals surface area contributed by atoms with E-state index in [2.05, 4.69) is 26.2 Å². The maximum absolute atomic E-state index is 5.74. The van der Waals surface area contributed by atoms with Gasteiger partial charge in [0.1, 0.15) is 5.76 Å². The number of nitrogens with zero attached hydrogens (tertiary/aromatic N) is 1. The van der Waals surface area contributed by atoms with Crippen LogP contribution in [0.2, 0.25) is 0 Å². The molecular weight excluding hydrogens is 304 g/mol. The Labute approximate surface area is 114 Å². The van der Waals surface area contributed by atoms with Crippen LogP contribution in [0.3, 0.4) is 0 Å². The summed E-state index contributed by atoms with van der Waals surface area (Å²) in [5.74, 6) is 1.70. The molecule has 0 amide bonds. The van der Waals surface area contributed by atoms with E-state index in [-0.39, 0.29) is 12.4 Å². The Morgan fingerprint density at radius 2 is 2.00 bits per heavy atom. The number of hydrogen-bond acceptors (Lipinski definition) is 3. The number of rotatable bonds is 1. The molecule has 2 heterocycles. The number of halogens is 2. The van der Waals surface area contributed by atoms with Crippen molar-refractivity contribution in [2.24, 2.45) is 0 Å². The van der Waals surface area contributed by atoms with Gasteiger partial charge in [0, 0.05) is 23.0 Å². The van der Waals surface area contributed by atoms with E-state index in [0.717, 1.165) is 46.9 Å². The maximum Gasteiger partial charge on any atom is 0.226 e. The summed E-state index contributed by atoms with van der Waals surface area (Å²) in [5, 5.41) is 3.27. The van der Waals surface area contributed by atoms with E-state index in [9.17, 15) is 0 Å². The first-order valence-corrected chi connectivity index (χ1v) is 6.07. The molecule has 90 valence electrons. The Balaban J connectivity index is 0.00000108. The molecule has 3 nitrogen and oxygen atoms in total. The minimum atomic E-state index is 0. The molecule has 1 aromatic heterocycles. The topological polar surface area (TPSA) is 38.1 Å². The summed E-state index contributed by atoms with van der Waals surface area (Å²) in [7, 11) is 0. The molecule has 1 aliphatic rings. The summed E-state index contributed by atoms with van der Waals surface area (Å²) < 4.78 is 6.81. The summed E-state index contributed by atoms with van der Waals surface area (Å²) in [6, 6.07) is 8.01. The van der Waals surface area contributed by atoms with Crippen molar-refractivity contribution in [3.05, 3.63) is 40.2 Å². The molecule has 0 aliphatic carbocycles. The summed E-state index contributed by atoms with van der Waals surface area (Å²) in [6.45, 7) is 1.78. The maximum atomic E-state index is 5.74. The molecule has 0 saturated heterocycles. The van der Waals surface area contributed by atoms with Gasteiger partial charge in [-0.05, 0) is 24.3 Å². The van der Waals surface area contributed by atoms with Crippen LogP contribution in [-0.2, 0) is 13.0 Å². The molecule has 1 N–H and O–H groups in total. The Hall–Kier alpha value is -0.840. The number of oxazole rings is 1. The molecule has 0 unspecified atom stereocenters. The fourth-order valence-corrected chi connectivity index (χ4v) is 2.11. The molecule has 0 fully saturated rings. The van der Waals surface area contributed by atoms with E-state index in [1.54, 1.807) is 0 Å². The lowest BCUT2D eigenvalue weighted by atomic mass is 10.2. The third-order valence-corrected chi connectivity index (χ3v) is 3.22. The van der Waals surface area contributed by atoms with Crippen molar-refractivity contribution in [2.45, 2.75) is 13.0 Å². The van der Waals surface area contributed by atoms with Crippen LogP contribution in [0.4, 0.5) is 0 Å². The zero-order valence-corrected chi connectivity index (χ0v) is 11.5. The first kappa shape index (κ1) is 12.6. The quantitative estimate of drug-likeness (QED) is 0.878. The van der Waals surface area contributed by atoms with Crippen molar-refractivity contribution >= 4 is 28.3 Å². The van der Waals surface area contributed by atoms with Crippen molar-refractivity contribution in [1.29, 1.82) is 0 Å². The molecule has 3 rings (SSSR count). The van der Waals surface area contributed by atoms with Crippen LogP contribution in [-0.4, -0.2) is 11.5 Å². The highest BCUT2D eigenvalue weighted by Gasteiger charge is 2.17. The van der Waals surface area contributed by atoms with Gasteiger partial charge < -0.3 is 9.73 Å². The van der Waals surface area contributed by atoms with Crippen molar-refractivity contribution in [3.8, 4) is 11.5 Å². The molecule has 0 spiro atoms. The highest BCUT2D eigenvalue weighted by Crippen LogP contribution is 2.25. The van der Waals surface area contributed by atoms with Crippen LogP contribution >= 0.6 is 28.3 Å². The normalized spacial score (nSPS) is 13.9. The van der Waals surface area contributed by atoms with Gasteiger partial charge in [-0.2, -0.15) is 0 Å². The first-order valence-electron chi connectivity index (χ1n) is 5.28. The van der Waals surface area contributed by atoms with Gasteiger partial charge in [0.05, 0.1) is 12.2 Å². The largest absolute Gasteiger partial charge is 0.440 e. The molecule has 0 bridgehead atoms. The Bertz CT molecular complexity index is 486. The number of benzene rings is 1. The van der Waals surface area contributed by atoms with Crippen LogP contribution < -0.4 is 5.32 Å². The molecule has 2 aromatic rings. The third-order valence-electron chi connectivity index (χ3n) is 2.69. The SMILES string of the molecule is Brc1ccc(-c2nc3c(o2)CNCC3)cc1.Cl. The fourth-order valence-electron chi connectivity index (χ4n) is 1.84. The Morgan fingerprint density at radius 3 is 2.71 bits per heavy atom. The van der Waals surface area contributed by atoms with E-state index < -0.39 is 0 Å². The molecule has 0 saturated carbocycles. The highest BCUT2D eigenvalue weighted by molar-refractivity contribution is 9.10. The number of nitrogens with one attached hydrogen (secondary N) is 1. The van der Waals surface area contributed by atoms with E-state index >= 15 is 0 Å². The summed E-state index contributed by atoms with van der Waals surface area (Å²) in [6.07, 6.45) is 0.954. The minimum absolute atomic E-state index is 0. The third kappa shape index (κ3) is 2.54. The summed E-state index contributed by atoms with van der Waals surface area (Å²) in [5.41, 5.74) is 2.12.